The van der Waals surface area contributed by atoms with Crippen molar-refractivity contribution in [3.63, 3.8) is 0 Å². The monoisotopic (exact) mass is 369 g/mol. The van der Waals surface area contributed by atoms with Crippen molar-refractivity contribution >= 4 is 16.8 Å². The third kappa shape index (κ3) is 3.40. The molecule has 0 aliphatic rings. The molecule has 0 radical (unpaired) electrons. The number of fused-ring (bicyclic) bond motifs is 1. The highest BCUT2D eigenvalue weighted by molar-refractivity contribution is 5.97. The average molecular weight is 369 g/mol. The van der Waals surface area contributed by atoms with E-state index in [-0.39, 0.29) is 29.9 Å². The van der Waals surface area contributed by atoms with Crippen molar-refractivity contribution < 1.29 is 9.18 Å². The van der Waals surface area contributed by atoms with E-state index in [0.29, 0.717) is 16.5 Å². The molecule has 0 bridgehead atoms. The minimum Gasteiger partial charge on any atom is -0.335 e. The lowest BCUT2D eigenvalue weighted by atomic mass is 10.1. The molecule has 27 heavy (non-hydrogen) atoms. The molecule has 0 spiro atoms. The first-order valence-corrected chi connectivity index (χ1v) is 8.63. The number of nitrogens with one attached hydrogen (secondary N) is 1. The van der Waals surface area contributed by atoms with Crippen LogP contribution in [0.2, 0.25) is 0 Å². The van der Waals surface area contributed by atoms with Gasteiger partial charge < -0.3 is 9.88 Å². The van der Waals surface area contributed by atoms with Gasteiger partial charge in [0, 0.05) is 19.2 Å². The predicted molar refractivity (Wildman–Crippen MR) is 101 cm³/mol. The number of aromatic nitrogens is 2. The van der Waals surface area contributed by atoms with Crippen LogP contribution >= 0.6 is 0 Å². The number of hydrogen-bond donors (Lipinski definition) is 1. The lowest BCUT2D eigenvalue weighted by molar-refractivity contribution is 0.0743. The van der Waals surface area contributed by atoms with Crippen molar-refractivity contribution in [2.24, 2.45) is 0 Å². The van der Waals surface area contributed by atoms with E-state index in [2.05, 4.69) is 4.98 Å². The molecule has 0 aliphatic carbocycles. The Balaban J connectivity index is 1.96. The van der Waals surface area contributed by atoms with Crippen LogP contribution in [0.3, 0.4) is 0 Å². The number of carbonyl (C=O) groups excluding carboxylic acids is 1. The van der Waals surface area contributed by atoms with Crippen molar-refractivity contribution in [1.82, 2.24) is 14.5 Å². The summed E-state index contributed by atoms with van der Waals surface area (Å²) in [5.74, 6) is -0.606. The minimum atomic E-state index is -0.507. The second-order valence-corrected chi connectivity index (χ2v) is 6.38. The smallest absolute Gasteiger partial charge is 0.328 e. The largest absolute Gasteiger partial charge is 0.335 e. The Hall–Kier alpha value is -3.22. The van der Waals surface area contributed by atoms with Gasteiger partial charge in [-0.3, -0.25) is 14.2 Å². The Labute approximate surface area is 154 Å². The van der Waals surface area contributed by atoms with E-state index in [1.54, 1.807) is 38.2 Å². The fraction of sp³-hybridized carbons (Fsp3) is 0.250. The van der Waals surface area contributed by atoms with E-state index in [0.717, 1.165) is 10.1 Å². The van der Waals surface area contributed by atoms with Crippen molar-refractivity contribution in [1.29, 1.82) is 0 Å². The number of aromatic amines is 1. The third-order valence-corrected chi connectivity index (χ3v) is 4.80. The number of nitrogens with zero attached hydrogens (tertiary/aromatic N) is 2. The Bertz CT molecular complexity index is 1120. The Morgan fingerprint density at radius 1 is 1.19 bits per heavy atom. The van der Waals surface area contributed by atoms with Gasteiger partial charge in [0.25, 0.3) is 11.5 Å². The molecule has 3 aromatic rings. The zero-order valence-electron chi connectivity index (χ0n) is 15.3. The van der Waals surface area contributed by atoms with Gasteiger partial charge in [0.1, 0.15) is 5.82 Å². The van der Waals surface area contributed by atoms with E-state index in [9.17, 15) is 18.8 Å². The number of amides is 1. The van der Waals surface area contributed by atoms with E-state index < -0.39 is 5.69 Å². The molecular formula is C20H20FN3O3. The first-order chi connectivity index (χ1) is 12.8. The summed E-state index contributed by atoms with van der Waals surface area (Å²) in [4.78, 5) is 41.3. The van der Waals surface area contributed by atoms with Gasteiger partial charge in [-0.2, -0.15) is 0 Å². The van der Waals surface area contributed by atoms with Crippen LogP contribution in [-0.4, -0.2) is 27.4 Å². The number of H-pyrrole nitrogens is 1. The van der Waals surface area contributed by atoms with Crippen molar-refractivity contribution in [2.45, 2.75) is 26.4 Å². The molecular weight excluding hydrogens is 349 g/mol. The average Bonchev–Trinajstić information content (AvgIpc) is 2.66. The fourth-order valence-electron chi connectivity index (χ4n) is 3.02. The molecule has 1 amide bonds. The van der Waals surface area contributed by atoms with Crippen LogP contribution in [0.4, 0.5) is 4.39 Å². The number of carbonyl (C=O) groups is 1. The van der Waals surface area contributed by atoms with Crippen LogP contribution in [0, 0.1) is 5.82 Å². The van der Waals surface area contributed by atoms with Crippen molar-refractivity contribution in [3.05, 3.63) is 80.2 Å². The SMILES string of the molecule is CCn1c(=O)[nH]c2cc(C(=O)N(C)[C@H](C)c3ccc(F)cc3)ccc2c1=O. The van der Waals surface area contributed by atoms with Crippen LogP contribution in [0.25, 0.3) is 10.9 Å². The first kappa shape index (κ1) is 18.6. The van der Waals surface area contributed by atoms with E-state index in [1.807, 2.05) is 6.92 Å². The third-order valence-electron chi connectivity index (χ3n) is 4.80. The summed E-state index contributed by atoms with van der Waals surface area (Å²) < 4.78 is 14.2. The highest BCUT2D eigenvalue weighted by Gasteiger charge is 2.20. The van der Waals surface area contributed by atoms with Crippen LogP contribution < -0.4 is 11.2 Å². The number of rotatable bonds is 4. The first-order valence-electron chi connectivity index (χ1n) is 8.63. The molecule has 0 unspecified atom stereocenters. The lowest BCUT2D eigenvalue weighted by Crippen LogP contribution is -2.34. The summed E-state index contributed by atoms with van der Waals surface area (Å²) in [5, 5.41) is 0.349. The van der Waals surface area contributed by atoms with Crippen LogP contribution in [-0.2, 0) is 6.54 Å². The Morgan fingerprint density at radius 2 is 1.85 bits per heavy atom. The zero-order valence-corrected chi connectivity index (χ0v) is 15.3. The van der Waals surface area contributed by atoms with Crippen molar-refractivity contribution in [3.8, 4) is 0 Å². The molecule has 0 saturated heterocycles. The summed E-state index contributed by atoms with van der Waals surface area (Å²) in [6.45, 7) is 3.82. The summed E-state index contributed by atoms with van der Waals surface area (Å²) in [6, 6.07) is 10.3. The standard InChI is InChI=1S/C20H20FN3O3/c1-4-24-19(26)16-10-7-14(11-17(16)22-20(24)27)18(25)23(3)12(2)13-5-8-15(21)9-6-13/h5-12H,4H2,1-3H3,(H,22,27)/t12-/m1/s1. The van der Waals surface area contributed by atoms with Gasteiger partial charge in [-0.05, 0) is 49.7 Å². The highest BCUT2D eigenvalue weighted by atomic mass is 19.1. The van der Waals surface area contributed by atoms with E-state index >= 15 is 0 Å². The van der Waals surface area contributed by atoms with Gasteiger partial charge in [-0.1, -0.05) is 12.1 Å². The van der Waals surface area contributed by atoms with Crippen LogP contribution in [0.5, 0.6) is 0 Å². The molecule has 1 heterocycles. The molecule has 1 atom stereocenters. The number of halogens is 1. The summed E-state index contributed by atoms with van der Waals surface area (Å²) in [5.41, 5.74) is 0.579. The maximum absolute atomic E-state index is 13.1. The van der Waals surface area contributed by atoms with Gasteiger partial charge in [0.2, 0.25) is 0 Å². The highest BCUT2D eigenvalue weighted by Crippen LogP contribution is 2.21. The normalized spacial score (nSPS) is 12.1. The molecule has 0 fully saturated rings. The van der Waals surface area contributed by atoms with Gasteiger partial charge >= 0.3 is 5.69 Å². The molecule has 0 saturated carbocycles. The van der Waals surface area contributed by atoms with E-state index in [1.165, 1.54) is 23.1 Å². The molecule has 1 N–H and O–H groups in total. The number of hydrogen-bond acceptors (Lipinski definition) is 3. The van der Waals surface area contributed by atoms with Crippen LogP contribution in [0.15, 0.2) is 52.1 Å². The quantitative estimate of drug-likeness (QED) is 0.768. The second-order valence-electron chi connectivity index (χ2n) is 6.38. The molecule has 1 aromatic heterocycles. The van der Waals surface area contributed by atoms with Crippen LogP contribution in [0.1, 0.15) is 35.8 Å². The molecule has 140 valence electrons. The summed E-state index contributed by atoms with van der Waals surface area (Å²) >= 11 is 0. The maximum Gasteiger partial charge on any atom is 0.328 e. The summed E-state index contributed by atoms with van der Waals surface area (Å²) in [6.07, 6.45) is 0. The molecule has 2 aromatic carbocycles. The van der Waals surface area contributed by atoms with Gasteiger partial charge in [0.05, 0.1) is 16.9 Å². The minimum absolute atomic E-state index is 0.267. The second kappa shape index (κ2) is 7.19. The predicted octanol–water partition coefficient (Wildman–Crippen LogP) is 2.68. The zero-order chi connectivity index (χ0) is 19.7. The Kier molecular flexibility index (Phi) is 4.94. The molecule has 6 nitrogen and oxygen atoms in total. The topological polar surface area (TPSA) is 75.2 Å². The van der Waals surface area contributed by atoms with E-state index in [4.69, 9.17) is 0 Å². The molecule has 7 heteroatoms. The molecule has 0 aliphatic heterocycles. The van der Waals surface area contributed by atoms with Gasteiger partial charge in [-0.15, -0.1) is 0 Å². The van der Waals surface area contributed by atoms with Crippen molar-refractivity contribution in [2.75, 3.05) is 7.05 Å². The number of benzene rings is 2. The Morgan fingerprint density at radius 3 is 2.48 bits per heavy atom. The van der Waals surface area contributed by atoms with Gasteiger partial charge in [-0.25, -0.2) is 9.18 Å². The lowest BCUT2D eigenvalue weighted by Gasteiger charge is -2.25. The molecule has 3 rings (SSSR count). The maximum atomic E-state index is 13.1. The summed E-state index contributed by atoms with van der Waals surface area (Å²) in [7, 11) is 1.65. The fourth-order valence-corrected chi connectivity index (χ4v) is 3.02. The van der Waals surface area contributed by atoms with Gasteiger partial charge in [0.15, 0.2) is 0 Å².